The van der Waals surface area contributed by atoms with Gasteiger partial charge in [-0.05, 0) is 178 Å². The fourth-order valence-electron chi connectivity index (χ4n) is 14.2. The summed E-state index contributed by atoms with van der Waals surface area (Å²) < 4.78 is 19.5. The van der Waals surface area contributed by atoms with Crippen LogP contribution in [0.3, 0.4) is 0 Å². The maximum absolute atomic E-state index is 6.41. The third-order valence-electron chi connectivity index (χ3n) is 18.6. The summed E-state index contributed by atoms with van der Waals surface area (Å²) >= 11 is 0. The SMILES string of the molecule is c1ccc(-c2ccc3c(c2)c2cc(-c4ccccc4)ccc2n3-c2cccc(-c3ccc(-n4c5ccccc5c5oc6ccccc6c54)cc3)c2)cc1.c1ccc(N(c2ccc(-c3cccc(-n4c5ccccc5c5ccccc54)c3)cc2)c2coc3ccccc23)cc1. The number of hydrogen-bond donors (Lipinski definition) is 0. The molecule has 0 aliphatic heterocycles. The molecule has 94 heavy (non-hydrogen) atoms. The Labute approximate surface area is 542 Å². The van der Waals surface area contributed by atoms with Gasteiger partial charge < -0.3 is 27.4 Å². The van der Waals surface area contributed by atoms with Crippen LogP contribution in [-0.4, -0.2) is 13.7 Å². The van der Waals surface area contributed by atoms with Gasteiger partial charge in [0, 0.05) is 66.1 Å². The fraction of sp³-hybridized carbons (Fsp3) is 0. The molecule has 19 aromatic rings. The highest BCUT2D eigenvalue weighted by Crippen LogP contribution is 2.44. The van der Waals surface area contributed by atoms with Crippen LogP contribution in [0, 0.1) is 0 Å². The molecule has 14 aromatic carbocycles. The molecule has 19 rings (SSSR count). The molecule has 0 N–H and O–H groups in total. The Kier molecular flexibility index (Phi) is 13.1. The van der Waals surface area contributed by atoms with Crippen molar-refractivity contribution in [3.63, 3.8) is 0 Å². The predicted octanol–water partition coefficient (Wildman–Crippen LogP) is 24.3. The molecular weight excluding hydrogens is 1140 g/mol. The van der Waals surface area contributed by atoms with Crippen LogP contribution in [-0.2, 0) is 0 Å². The van der Waals surface area contributed by atoms with Crippen molar-refractivity contribution >= 4 is 105 Å². The summed E-state index contributed by atoms with van der Waals surface area (Å²) in [6.07, 6.45) is 1.85. The monoisotopic (exact) mass is 1200 g/mol. The predicted molar refractivity (Wildman–Crippen MR) is 392 cm³/mol. The highest BCUT2D eigenvalue weighted by molar-refractivity contribution is 6.17. The number of hydrogen-bond acceptors (Lipinski definition) is 3. The van der Waals surface area contributed by atoms with Crippen molar-refractivity contribution in [2.24, 2.45) is 0 Å². The van der Waals surface area contributed by atoms with Gasteiger partial charge in [-0.25, -0.2) is 0 Å². The van der Waals surface area contributed by atoms with Crippen molar-refractivity contribution in [3.05, 3.63) is 352 Å². The van der Waals surface area contributed by atoms with E-state index >= 15 is 0 Å². The van der Waals surface area contributed by atoms with Crippen LogP contribution < -0.4 is 4.90 Å². The Bertz CT molecular complexity index is 5870. The maximum Gasteiger partial charge on any atom is 0.161 e. The highest BCUT2D eigenvalue weighted by atomic mass is 16.3. The number of benzene rings is 14. The molecular formula is C88H58N4O2. The summed E-state index contributed by atoms with van der Waals surface area (Å²) in [6.45, 7) is 0. The third kappa shape index (κ3) is 9.26. The average Bonchev–Trinajstić information content (AvgIpc) is 1.58. The Morgan fingerprint density at radius 3 is 1.19 bits per heavy atom. The first-order valence-corrected chi connectivity index (χ1v) is 32.0. The van der Waals surface area contributed by atoms with Crippen LogP contribution >= 0.6 is 0 Å². The second-order valence-corrected chi connectivity index (χ2v) is 24.0. The largest absolute Gasteiger partial charge is 0.462 e. The molecule has 0 saturated heterocycles. The Morgan fingerprint density at radius 1 is 0.234 bits per heavy atom. The van der Waals surface area contributed by atoms with Gasteiger partial charge in [-0.2, -0.15) is 0 Å². The lowest BCUT2D eigenvalue weighted by molar-refractivity contribution is 0.616. The molecule has 442 valence electrons. The van der Waals surface area contributed by atoms with Crippen molar-refractivity contribution in [2.45, 2.75) is 0 Å². The van der Waals surface area contributed by atoms with Gasteiger partial charge in [-0.15, -0.1) is 0 Å². The lowest BCUT2D eigenvalue weighted by Crippen LogP contribution is -2.09. The number of furan rings is 2. The van der Waals surface area contributed by atoms with Crippen LogP contribution in [0.5, 0.6) is 0 Å². The van der Waals surface area contributed by atoms with E-state index in [0.717, 1.165) is 78.1 Å². The molecule has 6 heteroatoms. The summed E-state index contributed by atoms with van der Waals surface area (Å²) in [5.41, 5.74) is 25.9. The number of aromatic nitrogens is 3. The Balaban J connectivity index is 0.000000143. The van der Waals surface area contributed by atoms with Gasteiger partial charge in [0.1, 0.15) is 22.9 Å². The smallest absolute Gasteiger partial charge is 0.161 e. The van der Waals surface area contributed by atoms with Crippen LogP contribution in [0.1, 0.15) is 0 Å². The van der Waals surface area contributed by atoms with Gasteiger partial charge in [0.25, 0.3) is 0 Å². The van der Waals surface area contributed by atoms with Crippen molar-refractivity contribution in [2.75, 3.05) is 4.90 Å². The molecule has 0 bridgehead atoms. The van der Waals surface area contributed by atoms with E-state index in [2.05, 4.69) is 334 Å². The standard InChI is InChI=1S/C50H32N2O.C38H26N2O/c1-3-12-33(13-4-1)37-24-28-46-43(31-37)44-32-38(34-14-5-2-6-15-34)25-29-47(44)51(46)40-17-11-16-36(30-40)35-22-26-39(27-23-35)52-45-20-9-7-18-41(45)50-49(52)42-19-8-10-21-48(42)53-50;1-2-12-29(13-3-1)39(37-26-41-38-20-9-6-17-34(37)38)30-23-21-27(22-24-30)28-11-10-14-31(25-28)40-35-18-7-4-15-32(35)33-16-5-8-19-36(33)40/h1-32H;1-26H. The molecule has 5 aromatic heterocycles. The lowest BCUT2D eigenvalue weighted by atomic mass is 10.0. The van der Waals surface area contributed by atoms with E-state index in [0.29, 0.717) is 0 Å². The van der Waals surface area contributed by atoms with Gasteiger partial charge in [-0.3, -0.25) is 0 Å². The van der Waals surface area contributed by atoms with Crippen LogP contribution in [0.4, 0.5) is 17.1 Å². The second kappa shape index (κ2) is 22.7. The molecule has 0 saturated carbocycles. The first-order chi connectivity index (χ1) is 46.6. The third-order valence-corrected chi connectivity index (χ3v) is 18.6. The molecule has 5 heterocycles. The normalized spacial score (nSPS) is 11.6. The van der Waals surface area contributed by atoms with Gasteiger partial charge in [-0.1, -0.05) is 212 Å². The lowest BCUT2D eigenvalue weighted by Gasteiger charge is -2.24. The van der Waals surface area contributed by atoms with Crippen molar-refractivity contribution in [1.82, 2.24) is 13.7 Å². The number of nitrogens with zero attached hydrogens (tertiary/aromatic N) is 4. The summed E-state index contributed by atoms with van der Waals surface area (Å²) in [6, 6.07) is 123. The minimum absolute atomic E-state index is 0.877. The van der Waals surface area contributed by atoms with Gasteiger partial charge >= 0.3 is 0 Å². The number of fused-ring (bicyclic) bond motifs is 12. The molecule has 0 atom stereocenters. The van der Waals surface area contributed by atoms with Crippen molar-refractivity contribution < 1.29 is 8.83 Å². The topological polar surface area (TPSA) is 44.3 Å². The summed E-state index contributed by atoms with van der Waals surface area (Å²) in [7, 11) is 0. The van der Waals surface area contributed by atoms with E-state index in [9.17, 15) is 0 Å². The van der Waals surface area contributed by atoms with E-state index in [1.165, 1.54) is 88.1 Å². The zero-order valence-electron chi connectivity index (χ0n) is 51.1. The molecule has 0 amide bonds. The quantitative estimate of drug-likeness (QED) is 0.137. The average molecular weight is 1200 g/mol. The van der Waals surface area contributed by atoms with Gasteiger partial charge in [0.2, 0.25) is 0 Å². The Morgan fingerprint density at radius 2 is 0.628 bits per heavy atom. The van der Waals surface area contributed by atoms with Crippen molar-refractivity contribution in [1.29, 1.82) is 0 Å². The highest BCUT2D eigenvalue weighted by Gasteiger charge is 2.22. The van der Waals surface area contributed by atoms with E-state index in [1.54, 1.807) is 0 Å². The van der Waals surface area contributed by atoms with Crippen LogP contribution in [0.25, 0.3) is 149 Å². The van der Waals surface area contributed by atoms with E-state index in [4.69, 9.17) is 8.83 Å². The zero-order valence-corrected chi connectivity index (χ0v) is 51.1. The van der Waals surface area contributed by atoms with Crippen LogP contribution in [0.2, 0.25) is 0 Å². The van der Waals surface area contributed by atoms with E-state index in [1.807, 2.05) is 36.6 Å². The molecule has 0 aliphatic rings. The fourth-order valence-corrected chi connectivity index (χ4v) is 14.2. The molecule has 0 aliphatic carbocycles. The van der Waals surface area contributed by atoms with Crippen LogP contribution in [0.15, 0.2) is 361 Å². The number of rotatable bonds is 10. The summed E-state index contributed by atoms with van der Waals surface area (Å²) in [4.78, 5) is 2.25. The maximum atomic E-state index is 6.41. The molecule has 0 spiro atoms. The van der Waals surface area contributed by atoms with Gasteiger partial charge in [0.15, 0.2) is 5.58 Å². The first kappa shape index (κ1) is 54.3. The summed E-state index contributed by atoms with van der Waals surface area (Å²) in [5, 5.41) is 8.34. The van der Waals surface area contributed by atoms with E-state index in [-0.39, 0.29) is 0 Å². The molecule has 0 fully saturated rings. The minimum atomic E-state index is 0.877. The second-order valence-electron chi connectivity index (χ2n) is 24.0. The molecule has 6 nitrogen and oxygen atoms in total. The summed E-state index contributed by atoms with van der Waals surface area (Å²) in [5.74, 6) is 0. The zero-order chi connectivity index (χ0) is 62.1. The van der Waals surface area contributed by atoms with E-state index < -0.39 is 0 Å². The Hall–Kier alpha value is -12.6. The first-order valence-electron chi connectivity index (χ1n) is 32.0. The molecule has 0 radical (unpaired) electrons. The van der Waals surface area contributed by atoms with Crippen molar-refractivity contribution in [3.8, 4) is 61.6 Å². The number of anilines is 3. The minimum Gasteiger partial charge on any atom is -0.462 e. The van der Waals surface area contributed by atoms with Gasteiger partial charge in [0.05, 0.1) is 33.3 Å². The molecule has 0 unspecified atom stereocenters. The number of para-hydroxylation sites is 6.